The van der Waals surface area contributed by atoms with Crippen LogP contribution in [0.5, 0.6) is 0 Å². The lowest BCUT2D eigenvalue weighted by molar-refractivity contribution is -0.118. The average molecular weight is 323 g/mol. The van der Waals surface area contributed by atoms with E-state index in [4.69, 9.17) is 0 Å². The number of thioether (sulfide) groups is 1. The number of carbonyl (C=O) groups excluding carboxylic acids is 1. The molecule has 0 aromatic heterocycles. The second kappa shape index (κ2) is 7.63. The van der Waals surface area contributed by atoms with Crippen LogP contribution in [0, 0.1) is 0 Å². The summed E-state index contributed by atoms with van der Waals surface area (Å²) in [5.41, 5.74) is -0.678. The van der Waals surface area contributed by atoms with Crippen molar-refractivity contribution in [2.45, 2.75) is 37.5 Å². The minimum atomic E-state index is -3.27. The Kier molecular flexibility index (Phi) is 6.77. The second-order valence-electron chi connectivity index (χ2n) is 5.80. The van der Waals surface area contributed by atoms with E-state index in [1.807, 2.05) is 0 Å². The van der Waals surface area contributed by atoms with E-state index in [0.29, 0.717) is 11.0 Å². The van der Waals surface area contributed by atoms with E-state index < -0.39 is 15.6 Å². The van der Waals surface area contributed by atoms with Crippen LogP contribution in [0.3, 0.4) is 0 Å². The summed E-state index contributed by atoms with van der Waals surface area (Å²) in [5.74, 6) is 0.386. The van der Waals surface area contributed by atoms with Gasteiger partial charge in [0.15, 0.2) is 0 Å². The van der Waals surface area contributed by atoms with Crippen molar-refractivity contribution in [3.05, 3.63) is 0 Å². The van der Waals surface area contributed by atoms with Crippen molar-refractivity contribution >= 4 is 27.7 Å². The Bertz CT molecular complexity index is 418. The number of hydrogen-bond acceptors (Lipinski definition) is 5. The monoisotopic (exact) mass is 323 g/mol. The lowest BCUT2D eigenvalue weighted by Gasteiger charge is -2.26. The molecular formula is C12H25N3O3S2. The van der Waals surface area contributed by atoms with Gasteiger partial charge in [-0.25, -0.2) is 13.1 Å². The number of sulfonamides is 1. The van der Waals surface area contributed by atoms with Gasteiger partial charge in [-0.05, 0) is 39.8 Å². The van der Waals surface area contributed by atoms with Crippen LogP contribution in [-0.4, -0.2) is 56.8 Å². The van der Waals surface area contributed by atoms with Crippen LogP contribution in [-0.2, 0) is 14.8 Å². The first kappa shape index (κ1) is 17.7. The molecule has 0 saturated carbocycles. The van der Waals surface area contributed by atoms with Gasteiger partial charge >= 0.3 is 0 Å². The van der Waals surface area contributed by atoms with Gasteiger partial charge < -0.3 is 10.6 Å². The number of nitrogens with one attached hydrogen (secondary N) is 3. The van der Waals surface area contributed by atoms with E-state index in [1.165, 1.54) is 0 Å². The number of amides is 1. The van der Waals surface area contributed by atoms with Crippen LogP contribution in [0.25, 0.3) is 0 Å². The van der Waals surface area contributed by atoms with Crippen LogP contribution in [0.1, 0.15) is 26.7 Å². The molecule has 0 radical (unpaired) electrons. The highest BCUT2D eigenvalue weighted by Crippen LogP contribution is 2.19. The van der Waals surface area contributed by atoms with E-state index in [2.05, 4.69) is 15.4 Å². The molecule has 118 valence electrons. The molecule has 8 heteroatoms. The molecule has 0 unspecified atom stereocenters. The van der Waals surface area contributed by atoms with Crippen molar-refractivity contribution in [3.8, 4) is 0 Å². The highest BCUT2D eigenvalue weighted by atomic mass is 32.2. The van der Waals surface area contributed by atoms with Gasteiger partial charge in [0.1, 0.15) is 0 Å². The van der Waals surface area contributed by atoms with Gasteiger partial charge in [0, 0.05) is 17.3 Å². The average Bonchev–Trinajstić information content (AvgIpc) is 2.32. The number of piperidine rings is 1. The van der Waals surface area contributed by atoms with Crippen LogP contribution >= 0.6 is 11.8 Å². The lowest BCUT2D eigenvalue weighted by atomic mass is 10.1. The molecular weight excluding hydrogens is 298 g/mol. The molecule has 1 fully saturated rings. The molecule has 20 heavy (non-hydrogen) atoms. The van der Waals surface area contributed by atoms with Crippen molar-refractivity contribution < 1.29 is 13.2 Å². The van der Waals surface area contributed by atoms with E-state index in [-0.39, 0.29) is 12.5 Å². The highest BCUT2D eigenvalue weighted by Gasteiger charge is 2.23. The summed E-state index contributed by atoms with van der Waals surface area (Å²) in [6.07, 6.45) is 3.31. The van der Waals surface area contributed by atoms with Gasteiger partial charge in [-0.1, -0.05) is 0 Å². The minimum absolute atomic E-state index is 0.0445. The maximum Gasteiger partial charge on any atom is 0.230 e. The predicted molar refractivity (Wildman–Crippen MR) is 83.4 cm³/mol. The zero-order valence-corrected chi connectivity index (χ0v) is 14.0. The van der Waals surface area contributed by atoms with Crippen LogP contribution < -0.4 is 15.4 Å². The van der Waals surface area contributed by atoms with Gasteiger partial charge in [0.05, 0.1) is 12.0 Å². The standard InChI is InChI=1S/C12H25N3O3S2/c1-12(2,15-20(3,17)18)9-14-11(16)8-19-10-4-6-13-7-5-10/h10,13,15H,4-9H2,1-3H3,(H,14,16). The Balaban J connectivity index is 2.24. The first-order valence-corrected chi connectivity index (χ1v) is 9.70. The van der Waals surface area contributed by atoms with E-state index in [0.717, 1.165) is 32.2 Å². The quantitative estimate of drug-likeness (QED) is 0.610. The summed E-state index contributed by atoms with van der Waals surface area (Å²) in [6, 6.07) is 0. The minimum Gasteiger partial charge on any atom is -0.354 e. The fourth-order valence-electron chi connectivity index (χ4n) is 2.06. The number of hydrogen-bond donors (Lipinski definition) is 3. The molecule has 1 amide bonds. The summed E-state index contributed by atoms with van der Waals surface area (Å²) in [7, 11) is -3.27. The molecule has 1 heterocycles. The topological polar surface area (TPSA) is 87.3 Å². The third-order valence-corrected chi connectivity index (χ3v) is 5.22. The molecule has 0 spiro atoms. The van der Waals surface area contributed by atoms with Crippen molar-refractivity contribution in [1.29, 1.82) is 0 Å². The lowest BCUT2D eigenvalue weighted by Crippen LogP contribution is -2.51. The van der Waals surface area contributed by atoms with Crippen LogP contribution in [0.4, 0.5) is 0 Å². The Hall–Kier alpha value is -0.310. The first-order chi connectivity index (χ1) is 9.18. The molecule has 1 rings (SSSR count). The van der Waals surface area contributed by atoms with Gasteiger partial charge in [0.2, 0.25) is 15.9 Å². The highest BCUT2D eigenvalue weighted by molar-refractivity contribution is 8.00. The Morgan fingerprint density at radius 1 is 1.35 bits per heavy atom. The largest absolute Gasteiger partial charge is 0.354 e. The SMILES string of the molecule is CC(C)(CNC(=O)CSC1CCNCC1)NS(C)(=O)=O. The van der Waals surface area contributed by atoms with Gasteiger partial charge in [0.25, 0.3) is 0 Å². The third-order valence-electron chi connectivity index (χ3n) is 2.93. The fourth-order valence-corrected chi connectivity index (χ4v) is 4.20. The van der Waals surface area contributed by atoms with Gasteiger partial charge in [-0.2, -0.15) is 0 Å². The molecule has 6 nitrogen and oxygen atoms in total. The zero-order valence-electron chi connectivity index (χ0n) is 12.4. The van der Waals surface area contributed by atoms with Gasteiger partial charge in [-0.15, -0.1) is 11.8 Å². The summed E-state index contributed by atoms with van der Waals surface area (Å²) in [5, 5.41) is 6.62. The summed E-state index contributed by atoms with van der Waals surface area (Å²) in [6.45, 7) is 5.81. The van der Waals surface area contributed by atoms with E-state index >= 15 is 0 Å². The molecule has 0 aliphatic carbocycles. The Morgan fingerprint density at radius 3 is 2.50 bits per heavy atom. The third kappa shape index (κ3) is 8.08. The second-order valence-corrected chi connectivity index (χ2v) is 8.83. The Morgan fingerprint density at radius 2 is 1.95 bits per heavy atom. The molecule has 1 saturated heterocycles. The summed E-state index contributed by atoms with van der Waals surface area (Å²) >= 11 is 1.68. The molecule has 0 bridgehead atoms. The maximum atomic E-state index is 11.8. The smallest absolute Gasteiger partial charge is 0.230 e. The van der Waals surface area contributed by atoms with Crippen molar-refractivity contribution in [1.82, 2.24) is 15.4 Å². The van der Waals surface area contributed by atoms with Gasteiger partial charge in [-0.3, -0.25) is 4.79 Å². The number of carbonyl (C=O) groups is 1. The fraction of sp³-hybridized carbons (Fsp3) is 0.917. The van der Waals surface area contributed by atoms with Crippen molar-refractivity contribution in [2.75, 3.05) is 31.6 Å². The molecule has 0 aromatic carbocycles. The van der Waals surface area contributed by atoms with Crippen LogP contribution in [0.15, 0.2) is 0 Å². The molecule has 0 aromatic rings. The normalized spacial score (nSPS) is 17.9. The maximum absolute atomic E-state index is 11.8. The predicted octanol–water partition coefficient (Wildman–Crippen LogP) is -0.0844. The number of rotatable bonds is 7. The van der Waals surface area contributed by atoms with Crippen molar-refractivity contribution in [2.24, 2.45) is 0 Å². The Labute approximate surface area is 125 Å². The zero-order chi connectivity index (χ0) is 15.2. The summed E-state index contributed by atoms with van der Waals surface area (Å²) in [4.78, 5) is 11.8. The summed E-state index contributed by atoms with van der Waals surface area (Å²) < 4.78 is 24.9. The van der Waals surface area contributed by atoms with E-state index in [9.17, 15) is 13.2 Å². The first-order valence-electron chi connectivity index (χ1n) is 6.76. The van der Waals surface area contributed by atoms with Crippen LogP contribution in [0.2, 0.25) is 0 Å². The van der Waals surface area contributed by atoms with E-state index in [1.54, 1.807) is 25.6 Å². The molecule has 1 aliphatic heterocycles. The van der Waals surface area contributed by atoms with Crippen molar-refractivity contribution in [3.63, 3.8) is 0 Å². The molecule has 3 N–H and O–H groups in total. The molecule has 1 aliphatic rings. The molecule has 0 atom stereocenters.